The molecule has 0 fully saturated rings. The number of rotatable bonds is 7. The lowest BCUT2D eigenvalue weighted by molar-refractivity contribution is 0.102. The van der Waals surface area contributed by atoms with Crippen molar-refractivity contribution in [3.63, 3.8) is 0 Å². The third-order valence-electron chi connectivity index (χ3n) is 5.21. The van der Waals surface area contributed by atoms with E-state index in [1.807, 2.05) is 42.5 Å². The van der Waals surface area contributed by atoms with E-state index in [1.54, 1.807) is 30.3 Å². The number of unbranched alkanes of at least 4 members (excludes halogenated alkanes) is 1. The number of ether oxygens (including phenoxy) is 1. The highest BCUT2D eigenvalue weighted by Gasteiger charge is 2.13. The summed E-state index contributed by atoms with van der Waals surface area (Å²) in [5.41, 5.74) is 2.61. The van der Waals surface area contributed by atoms with Gasteiger partial charge in [0.25, 0.3) is 5.91 Å². The third kappa shape index (κ3) is 4.94. The highest BCUT2D eigenvalue weighted by atomic mass is 16.5. The number of nitrogens with one attached hydrogen (secondary N) is 1. The molecule has 1 N–H and O–H groups in total. The lowest BCUT2D eigenvalue weighted by atomic mass is 10.0. The van der Waals surface area contributed by atoms with Crippen molar-refractivity contribution in [1.82, 2.24) is 0 Å². The van der Waals surface area contributed by atoms with Crippen LogP contribution in [-0.4, -0.2) is 12.5 Å². The van der Waals surface area contributed by atoms with E-state index in [0.717, 1.165) is 35.8 Å². The van der Waals surface area contributed by atoms with Crippen LogP contribution in [0, 0.1) is 11.3 Å². The van der Waals surface area contributed by atoms with Gasteiger partial charge in [-0.25, -0.2) is 0 Å². The standard InChI is InChI=1S/C27H22N2O4/c1-2-3-15-32-21-13-11-19(12-14-21)18-7-9-20(10-8-18)27(31)29-24-6-4-5-23-25(30)16-22(17-28)33-26(23)24/h4-14,16H,2-3,15H2,1H3,(H,29,31). The Morgan fingerprint density at radius 2 is 1.73 bits per heavy atom. The maximum Gasteiger partial charge on any atom is 0.255 e. The largest absolute Gasteiger partial charge is 0.494 e. The molecule has 0 unspecified atom stereocenters. The van der Waals surface area contributed by atoms with Crippen LogP contribution >= 0.6 is 0 Å². The Morgan fingerprint density at radius 1 is 1.03 bits per heavy atom. The van der Waals surface area contributed by atoms with Crippen molar-refractivity contribution in [3.05, 3.63) is 94.3 Å². The minimum atomic E-state index is -0.348. The summed E-state index contributed by atoms with van der Waals surface area (Å²) in [6.07, 6.45) is 2.11. The topological polar surface area (TPSA) is 92.3 Å². The number of amides is 1. The second kappa shape index (κ2) is 9.84. The summed E-state index contributed by atoms with van der Waals surface area (Å²) in [6, 6.07) is 22.9. The predicted molar refractivity (Wildman–Crippen MR) is 127 cm³/mol. The molecule has 0 saturated heterocycles. The van der Waals surface area contributed by atoms with Crippen molar-refractivity contribution in [3.8, 4) is 22.9 Å². The molecule has 0 spiro atoms. The van der Waals surface area contributed by atoms with Crippen molar-refractivity contribution in [2.45, 2.75) is 19.8 Å². The number of hydrogen-bond donors (Lipinski definition) is 1. The molecular formula is C27H22N2O4. The third-order valence-corrected chi connectivity index (χ3v) is 5.21. The fraction of sp³-hybridized carbons (Fsp3) is 0.148. The molecule has 1 aromatic heterocycles. The van der Waals surface area contributed by atoms with Gasteiger partial charge in [-0.15, -0.1) is 0 Å². The Kier molecular flexibility index (Phi) is 6.51. The summed E-state index contributed by atoms with van der Waals surface area (Å²) in [5, 5.41) is 12.1. The van der Waals surface area contributed by atoms with Crippen LogP contribution in [0.5, 0.6) is 5.75 Å². The molecule has 6 nitrogen and oxygen atoms in total. The summed E-state index contributed by atoms with van der Waals surface area (Å²) in [6.45, 7) is 2.83. The van der Waals surface area contributed by atoms with Crippen molar-refractivity contribution < 1.29 is 13.9 Å². The molecule has 4 rings (SSSR count). The monoisotopic (exact) mass is 438 g/mol. The lowest BCUT2D eigenvalue weighted by Gasteiger charge is -2.09. The predicted octanol–water partition coefficient (Wildman–Crippen LogP) is 5.76. The van der Waals surface area contributed by atoms with Crippen LogP contribution < -0.4 is 15.5 Å². The van der Waals surface area contributed by atoms with E-state index >= 15 is 0 Å². The molecule has 3 aromatic carbocycles. The SMILES string of the molecule is CCCCOc1ccc(-c2ccc(C(=O)Nc3cccc4c(=O)cc(C#N)oc34)cc2)cc1. The van der Waals surface area contributed by atoms with Gasteiger partial charge in [0.05, 0.1) is 17.7 Å². The maximum atomic E-state index is 12.8. The van der Waals surface area contributed by atoms with Crippen LogP contribution in [-0.2, 0) is 0 Å². The number of nitrogens with zero attached hydrogens (tertiary/aromatic N) is 1. The highest BCUT2D eigenvalue weighted by molar-refractivity contribution is 6.08. The molecule has 33 heavy (non-hydrogen) atoms. The van der Waals surface area contributed by atoms with Gasteiger partial charge >= 0.3 is 0 Å². The first-order chi connectivity index (χ1) is 16.1. The molecule has 0 bridgehead atoms. The zero-order chi connectivity index (χ0) is 23.2. The van der Waals surface area contributed by atoms with Crippen LogP contribution in [0.3, 0.4) is 0 Å². The normalized spacial score (nSPS) is 10.5. The second-order valence-corrected chi connectivity index (χ2v) is 7.53. The van der Waals surface area contributed by atoms with Crippen molar-refractivity contribution >= 4 is 22.6 Å². The molecule has 0 aliphatic carbocycles. The van der Waals surface area contributed by atoms with Crippen LogP contribution in [0.4, 0.5) is 5.69 Å². The van der Waals surface area contributed by atoms with Gasteiger partial charge in [-0.1, -0.05) is 43.7 Å². The minimum Gasteiger partial charge on any atom is -0.494 e. The zero-order valence-electron chi connectivity index (χ0n) is 18.1. The lowest BCUT2D eigenvalue weighted by Crippen LogP contribution is -2.13. The van der Waals surface area contributed by atoms with E-state index in [1.165, 1.54) is 0 Å². The van der Waals surface area contributed by atoms with Crippen LogP contribution in [0.25, 0.3) is 22.1 Å². The molecule has 0 saturated carbocycles. The number of anilines is 1. The Balaban J connectivity index is 1.51. The Labute approximate surface area is 191 Å². The van der Waals surface area contributed by atoms with Crippen molar-refractivity contribution in [1.29, 1.82) is 5.26 Å². The van der Waals surface area contributed by atoms with Crippen LogP contribution in [0.15, 0.2) is 82.0 Å². The van der Waals surface area contributed by atoms with Crippen molar-refractivity contribution in [2.24, 2.45) is 0 Å². The van der Waals surface area contributed by atoms with Gasteiger partial charge in [-0.3, -0.25) is 9.59 Å². The van der Waals surface area contributed by atoms with Gasteiger partial charge in [0.1, 0.15) is 11.8 Å². The molecule has 164 valence electrons. The second-order valence-electron chi connectivity index (χ2n) is 7.53. The van der Waals surface area contributed by atoms with Gasteiger partial charge in [0.2, 0.25) is 5.76 Å². The zero-order valence-corrected chi connectivity index (χ0v) is 18.1. The number of nitriles is 1. The molecule has 0 aliphatic rings. The molecule has 6 heteroatoms. The van der Waals surface area contributed by atoms with E-state index in [2.05, 4.69) is 12.2 Å². The number of benzene rings is 3. The first-order valence-corrected chi connectivity index (χ1v) is 10.7. The fourth-order valence-corrected chi connectivity index (χ4v) is 3.42. The van der Waals surface area contributed by atoms with E-state index in [0.29, 0.717) is 23.2 Å². The van der Waals surface area contributed by atoms with Crippen molar-refractivity contribution in [2.75, 3.05) is 11.9 Å². The molecule has 1 amide bonds. The average Bonchev–Trinajstić information content (AvgIpc) is 2.85. The minimum absolute atomic E-state index is 0.111. The number of fused-ring (bicyclic) bond motifs is 1. The Hall–Kier alpha value is -4.37. The van der Waals surface area contributed by atoms with Crippen LogP contribution in [0.1, 0.15) is 35.9 Å². The van der Waals surface area contributed by atoms with E-state index in [-0.39, 0.29) is 22.7 Å². The van der Waals surface area contributed by atoms with Gasteiger partial charge < -0.3 is 14.5 Å². The Bertz CT molecular complexity index is 1380. The first kappa shape index (κ1) is 21.8. The summed E-state index contributed by atoms with van der Waals surface area (Å²) in [5.74, 6) is 0.378. The summed E-state index contributed by atoms with van der Waals surface area (Å²) in [4.78, 5) is 25.0. The van der Waals surface area contributed by atoms with E-state index < -0.39 is 0 Å². The molecule has 1 heterocycles. The smallest absolute Gasteiger partial charge is 0.255 e. The summed E-state index contributed by atoms with van der Waals surface area (Å²) in [7, 11) is 0. The van der Waals surface area contributed by atoms with Gasteiger partial charge in [0.15, 0.2) is 11.0 Å². The van der Waals surface area contributed by atoms with Gasteiger partial charge in [-0.05, 0) is 53.9 Å². The first-order valence-electron chi connectivity index (χ1n) is 10.7. The molecule has 0 aliphatic heterocycles. The number of carbonyl (C=O) groups is 1. The summed E-state index contributed by atoms with van der Waals surface area (Å²) < 4.78 is 11.2. The number of para-hydroxylation sites is 1. The molecular weight excluding hydrogens is 416 g/mol. The molecule has 0 radical (unpaired) electrons. The molecule has 0 atom stereocenters. The van der Waals surface area contributed by atoms with E-state index in [9.17, 15) is 9.59 Å². The van der Waals surface area contributed by atoms with Crippen LogP contribution in [0.2, 0.25) is 0 Å². The average molecular weight is 438 g/mol. The maximum absolute atomic E-state index is 12.8. The highest BCUT2D eigenvalue weighted by Crippen LogP contribution is 2.25. The fourth-order valence-electron chi connectivity index (χ4n) is 3.42. The molecule has 4 aromatic rings. The number of carbonyl (C=O) groups excluding carboxylic acids is 1. The van der Waals surface area contributed by atoms with Gasteiger partial charge in [-0.2, -0.15) is 5.26 Å². The number of hydrogen-bond acceptors (Lipinski definition) is 5. The summed E-state index contributed by atoms with van der Waals surface area (Å²) >= 11 is 0. The quantitative estimate of drug-likeness (QED) is 0.370. The van der Waals surface area contributed by atoms with Gasteiger partial charge in [0, 0.05) is 11.6 Å². The van der Waals surface area contributed by atoms with E-state index in [4.69, 9.17) is 14.4 Å². The Morgan fingerprint density at radius 3 is 2.39 bits per heavy atom.